The van der Waals surface area contributed by atoms with E-state index < -0.39 is 40.0 Å². The van der Waals surface area contributed by atoms with Crippen molar-refractivity contribution in [3.63, 3.8) is 0 Å². The Morgan fingerprint density at radius 3 is 1.75 bits per heavy atom. The van der Waals surface area contributed by atoms with Crippen LogP contribution in [0.15, 0.2) is 12.7 Å². The molecule has 0 heterocycles. The molecular weight excluding hydrogens is 425 g/mol. The Morgan fingerprint density at radius 2 is 1.32 bits per heavy atom. The van der Waals surface area contributed by atoms with Crippen LogP contribution in [0.4, 0.5) is 0 Å². The SMILES string of the molecule is C=CC(=O)OC[Si](C)(C)O[Si](C)(CCC)O[Si](C)(CCC)O[Si](C)(O)CCC. The topological polar surface area (TPSA) is 74.2 Å². The lowest BCUT2D eigenvalue weighted by molar-refractivity contribution is -0.136. The zero-order chi connectivity index (χ0) is 22.1. The van der Waals surface area contributed by atoms with Crippen LogP contribution in [0.3, 0.4) is 0 Å². The Balaban J connectivity index is 5.46. The van der Waals surface area contributed by atoms with E-state index in [4.69, 9.17) is 17.1 Å². The first-order chi connectivity index (χ1) is 12.8. The molecule has 0 aromatic rings. The molecule has 0 bridgehead atoms. The van der Waals surface area contributed by atoms with Gasteiger partial charge in [0.25, 0.3) is 0 Å². The van der Waals surface area contributed by atoms with E-state index in [0.29, 0.717) is 6.04 Å². The van der Waals surface area contributed by atoms with E-state index in [1.54, 1.807) is 0 Å². The predicted molar refractivity (Wildman–Crippen MR) is 124 cm³/mol. The van der Waals surface area contributed by atoms with Crippen LogP contribution in [-0.2, 0) is 21.9 Å². The Hall–Kier alpha value is -0.0825. The van der Waals surface area contributed by atoms with E-state index in [-0.39, 0.29) is 6.23 Å². The van der Waals surface area contributed by atoms with Crippen molar-refractivity contribution in [1.29, 1.82) is 0 Å². The molecule has 28 heavy (non-hydrogen) atoms. The van der Waals surface area contributed by atoms with Crippen LogP contribution in [-0.4, -0.2) is 51.0 Å². The summed E-state index contributed by atoms with van der Waals surface area (Å²) in [7, 11) is -10.2. The van der Waals surface area contributed by atoms with Gasteiger partial charge in [-0.2, -0.15) is 0 Å². The summed E-state index contributed by atoms with van der Waals surface area (Å²) in [4.78, 5) is 22.2. The van der Waals surface area contributed by atoms with Crippen LogP contribution in [0, 0.1) is 0 Å². The highest BCUT2D eigenvalue weighted by Crippen LogP contribution is 2.31. The molecule has 0 fully saturated rings. The molecule has 0 aliphatic carbocycles. The molecule has 0 amide bonds. The van der Waals surface area contributed by atoms with Crippen LogP contribution in [0.2, 0.25) is 50.9 Å². The number of rotatable bonds is 15. The molecule has 10 heteroatoms. The van der Waals surface area contributed by atoms with Gasteiger partial charge in [-0.25, -0.2) is 4.79 Å². The number of hydrogen-bond acceptors (Lipinski definition) is 6. The highest BCUT2D eigenvalue weighted by Gasteiger charge is 2.48. The Labute approximate surface area is 176 Å². The van der Waals surface area contributed by atoms with E-state index in [0.717, 1.165) is 31.4 Å². The van der Waals surface area contributed by atoms with E-state index >= 15 is 0 Å². The maximum Gasteiger partial charge on any atom is 0.329 e. The highest BCUT2D eigenvalue weighted by atomic mass is 28.5. The summed E-state index contributed by atoms with van der Waals surface area (Å²) in [5.74, 6) is -0.431. The van der Waals surface area contributed by atoms with Gasteiger partial charge in [-0.1, -0.05) is 46.6 Å². The fourth-order valence-electron chi connectivity index (χ4n) is 3.51. The van der Waals surface area contributed by atoms with Crippen molar-refractivity contribution in [2.75, 3.05) is 6.23 Å². The number of esters is 1. The van der Waals surface area contributed by atoms with Crippen molar-refractivity contribution in [2.45, 2.75) is 90.9 Å². The van der Waals surface area contributed by atoms with Crippen LogP contribution in [0.25, 0.3) is 0 Å². The summed E-state index contributed by atoms with van der Waals surface area (Å²) >= 11 is 0. The molecule has 0 aromatic heterocycles. The molecule has 0 aromatic carbocycles. The van der Waals surface area contributed by atoms with Gasteiger partial charge >= 0.3 is 31.7 Å². The largest absolute Gasteiger partial charge is 0.463 e. The Morgan fingerprint density at radius 1 is 0.857 bits per heavy atom. The van der Waals surface area contributed by atoms with Gasteiger partial charge in [-0.15, -0.1) is 0 Å². The van der Waals surface area contributed by atoms with Crippen LogP contribution in [0.5, 0.6) is 0 Å². The van der Waals surface area contributed by atoms with Crippen LogP contribution < -0.4 is 0 Å². The molecule has 3 unspecified atom stereocenters. The second-order valence-corrected chi connectivity index (χ2v) is 23.2. The Kier molecular flexibility index (Phi) is 11.9. The summed E-state index contributed by atoms with van der Waals surface area (Å²) in [6.45, 7) is 19.8. The standard InChI is InChI=1S/C18H42O6Si4/c1-10-14-26(7,20)23-28(9,16-12-3)24-27(8,15-11-2)22-25(5,6)17-21-18(19)13-4/h13,20H,4,10-12,14-17H2,1-3,5-9H3. The third kappa shape index (κ3) is 11.2. The van der Waals surface area contributed by atoms with Crippen molar-refractivity contribution >= 4 is 40.0 Å². The number of hydrogen-bond donors (Lipinski definition) is 1. The zero-order valence-corrected chi connectivity index (χ0v) is 23.2. The average Bonchev–Trinajstić information content (AvgIpc) is 2.50. The lowest BCUT2D eigenvalue weighted by atomic mass is 10.6. The Bertz CT molecular complexity index is 502. The fraction of sp³-hybridized carbons (Fsp3) is 0.833. The minimum absolute atomic E-state index is 0.267. The average molecular weight is 467 g/mol. The lowest BCUT2D eigenvalue weighted by Gasteiger charge is -2.43. The van der Waals surface area contributed by atoms with E-state index in [1.807, 2.05) is 19.6 Å². The molecule has 6 nitrogen and oxygen atoms in total. The van der Waals surface area contributed by atoms with E-state index in [9.17, 15) is 9.59 Å². The van der Waals surface area contributed by atoms with Gasteiger partial charge < -0.3 is 21.9 Å². The van der Waals surface area contributed by atoms with Crippen LogP contribution in [0.1, 0.15) is 40.0 Å². The van der Waals surface area contributed by atoms with Crippen molar-refractivity contribution in [2.24, 2.45) is 0 Å². The summed E-state index contributed by atoms with van der Waals surface area (Å²) < 4.78 is 25.0. The maximum absolute atomic E-state index is 11.5. The molecule has 0 aliphatic heterocycles. The fourth-order valence-corrected chi connectivity index (χ4v) is 22.2. The molecule has 0 saturated carbocycles. The smallest absolute Gasteiger partial charge is 0.329 e. The van der Waals surface area contributed by atoms with Gasteiger partial charge in [0.1, 0.15) is 6.23 Å². The maximum atomic E-state index is 11.5. The van der Waals surface area contributed by atoms with Crippen LogP contribution >= 0.6 is 0 Å². The summed E-state index contributed by atoms with van der Waals surface area (Å²) in [6.07, 6.45) is 4.21. The van der Waals surface area contributed by atoms with Gasteiger partial charge in [-0.3, -0.25) is 0 Å². The van der Waals surface area contributed by atoms with E-state index in [2.05, 4.69) is 40.4 Å². The molecule has 166 valence electrons. The summed E-state index contributed by atoms with van der Waals surface area (Å²) in [5, 5.41) is 0. The minimum atomic E-state index is -2.76. The minimum Gasteiger partial charge on any atom is -0.463 e. The highest BCUT2D eigenvalue weighted by molar-refractivity contribution is 6.89. The van der Waals surface area contributed by atoms with Gasteiger partial charge in [0.05, 0.1) is 0 Å². The molecule has 0 spiro atoms. The normalized spacial score (nSPS) is 18.6. The predicted octanol–water partition coefficient (Wildman–Crippen LogP) is 4.95. The third-order valence-corrected chi connectivity index (χ3v) is 20.2. The zero-order valence-electron chi connectivity index (χ0n) is 19.2. The van der Waals surface area contributed by atoms with E-state index in [1.165, 1.54) is 6.08 Å². The first-order valence-corrected chi connectivity index (χ1v) is 21.1. The third-order valence-electron chi connectivity index (χ3n) is 4.21. The van der Waals surface area contributed by atoms with Crippen molar-refractivity contribution in [3.8, 4) is 0 Å². The van der Waals surface area contributed by atoms with Crippen molar-refractivity contribution in [1.82, 2.24) is 0 Å². The second-order valence-electron chi connectivity index (χ2n) is 8.57. The van der Waals surface area contributed by atoms with Crippen molar-refractivity contribution < 1.29 is 26.7 Å². The quantitative estimate of drug-likeness (QED) is 0.209. The number of carbonyl (C=O) groups is 1. The molecule has 1 N–H and O–H groups in total. The van der Waals surface area contributed by atoms with Gasteiger partial charge in [0, 0.05) is 6.08 Å². The molecule has 0 aliphatic rings. The van der Waals surface area contributed by atoms with Gasteiger partial charge in [0.2, 0.25) is 8.32 Å². The first-order valence-electron chi connectivity index (χ1n) is 10.4. The van der Waals surface area contributed by atoms with Gasteiger partial charge in [0.15, 0.2) is 0 Å². The number of carbonyl (C=O) groups excluding carboxylic acids is 1. The molecule has 0 rings (SSSR count). The molecule has 0 radical (unpaired) electrons. The van der Waals surface area contributed by atoms with Crippen molar-refractivity contribution in [3.05, 3.63) is 12.7 Å². The summed E-state index contributed by atoms with van der Waals surface area (Å²) in [5.41, 5.74) is 0. The first kappa shape index (κ1) is 27.9. The lowest BCUT2D eigenvalue weighted by Crippen LogP contribution is -2.60. The monoisotopic (exact) mass is 466 g/mol. The molecular formula is C18H42O6Si4. The summed E-state index contributed by atoms with van der Waals surface area (Å²) in [6, 6.07) is 2.36. The number of ether oxygens (including phenoxy) is 1. The molecule has 0 saturated heterocycles. The van der Waals surface area contributed by atoms with Gasteiger partial charge in [-0.05, 0) is 50.9 Å². The second kappa shape index (κ2) is 11.9. The molecule has 3 atom stereocenters.